The highest BCUT2D eigenvalue weighted by Crippen LogP contribution is 2.35. The van der Waals surface area contributed by atoms with Crippen LogP contribution in [0, 0.1) is 13.8 Å². The monoisotopic (exact) mass is 276 g/mol. The number of hydrogen-bond acceptors (Lipinski definition) is 5. The lowest BCUT2D eigenvalue weighted by molar-refractivity contribution is -0.137. The van der Waals surface area contributed by atoms with Gasteiger partial charge in [-0.15, -0.1) is 11.3 Å². The van der Waals surface area contributed by atoms with Crippen LogP contribution < -0.4 is 5.73 Å². The number of hydrogen-bond donors (Lipinski definition) is 1. The molecule has 2 aromatic heterocycles. The molecule has 2 heterocycles. The second-order valence-electron chi connectivity index (χ2n) is 4.23. The van der Waals surface area contributed by atoms with E-state index in [4.69, 9.17) is 10.5 Å². The highest BCUT2D eigenvalue weighted by Gasteiger charge is 2.11. The summed E-state index contributed by atoms with van der Waals surface area (Å²) in [6, 6.07) is 2.00. The molecule has 0 fully saturated rings. The first-order chi connectivity index (χ1) is 9.02. The van der Waals surface area contributed by atoms with Crippen molar-refractivity contribution in [2.45, 2.75) is 20.8 Å². The third-order valence-electron chi connectivity index (χ3n) is 2.71. The molecule has 5 heteroatoms. The molecule has 0 spiro atoms. The molecule has 0 aliphatic rings. The van der Waals surface area contributed by atoms with Crippen LogP contribution in [0.5, 0.6) is 0 Å². The van der Waals surface area contributed by atoms with Crippen molar-refractivity contribution < 1.29 is 9.53 Å². The van der Waals surface area contributed by atoms with E-state index in [2.05, 4.69) is 4.98 Å². The fourth-order valence-electron chi connectivity index (χ4n) is 1.94. The zero-order chi connectivity index (χ0) is 14.0. The lowest BCUT2D eigenvalue weighted by atomic mass is 10.1. The SMILES string of the molecule is CCOC(=O)/C=C/c1sc2nc(C)cc(C)c2c1N. The van der Waals surface area contributed by atoms with Crippen molar-refractivity contribution in [1.82, 2.24) is 4.98 Å². The Hall–Kier alpha value is -1.88. The molecule has 2 rings (SSSR count). The van der Waals surface area contributed by atoms with Crippen molar-refractivity contribution in [3.05, 3.63) is 28.3 Å². The average molecular weight is 276 g/mol. The Kier molecular flexibility index (Phi) is 3.85. The number of anilines is 1. The van der Waals surface area contributed by atoms with Crippen LogP contribution >= 0.6 is 11.3 Å². The van der Waals surface area contributed by atoms with Gasteiger partial charge in [0.25, 0.3) is 0 Å². The number of aromatic nitrogens is 1. The normalized spacial score (nSPS) is 11.3. The third kappa shape index (κ3) is 2.76. The average Bonchev–Trinajstić information content (AvgIpc) is 2.63. The molecule has 0 unspecified atom stereocenters. The van der Waals surface area contributed by atoms with E-state index < -0.39 is 0 Å². The molecule has 0 atom stereocenters. The van der Waals surface area contributed by atoms with E-state index in [9.17, 15) is 4.79 Å². The number of thiophene rings is 1. The van der Waals surface area contributed by atoms with Crippen LogP contribution in [-0.2, 0) is 9.53 Å². The molecule has 2 N–H and O–H groups in total. The molecule has 100 valence electrons. The smallest absolute Gasteiger partial charge is 0.330 e. The van der Waals surface area contributed by atoms with Crippen LogP contribution in [0.3, 0.4) is 0 Å². The highest BCUT2D eigenvalue weighted by atomic mass is 32.1. The van der Waals surface area contributed by atoms with Crippen LogP contribution in [0.2, 0.25) is 0 Å². The first-order valence-electron chi connectivity index (χ1n) is 6.04. The maximum Gasteiger partial charge on any atom is 0.330 e. The van der Waals surface area contributed by atoms with Crippen LogP contribution in [0.4, 0.5) is 5.69 Å². The van der Waals surface area contributed by atoms with Gasteiger partial charge in [0, 0.05) is 17.2 Å². The second-order valence-corrected chi connectivity index (χ2v) is 5.26. The van der Waals surface area contributed by atoms with Gasteiger partial charge >= 0.3 is 5.97 Å². The minimum atomic E-state index is -0.361. The molecular formula is C14H16N2O2S. The van der Waals surface area contributed by atoms with Gasteiger partial charge in [-0.2, -0.15) is 0 Å². The van der Waals surface area contributed by atoms with Crippen molar-refractivity contribution in [1.29, 1.82) is 0 Å². The number of ether oxygens (including phenoxy) is 1. The van der Waals surface area contributed by atoms with Crippen LogP contribution in [-0.4, -0.2) is 17.6 Å². The van der Waals surface area contributed by atoms with E-state index in [1.807, 2.05) is 19.9 Å². The summed E-state index contributed by atoms with van der Waals surface area (Å²) in [4.78, 5) is 17.5. The summed E-state index contributed by atoms with van der Waals surface area (Å²) in [6.07, 6.45) is 3.08. The van der Waals surface area contributed by atoms with E-state index in [1.54, 1.807) is 13.0 Å². The Balaban J connectivity index is 2.43. The van der Waals surface area contributed by atoms with Gasteiger partial charge in [-0.3, -0.25) is 0 Å². The van der Waals surface area contributed by atoms with E-state index in [0.29, 0.717) is 12.3 Å². The summed E-state index contributed by atoms with van der Waals surface area (Å²) in [5.41, 5.74) is 8.86. The number of nitrogen functional groups attached to an aromatic ring is 1. The van der Waals surface area contributed by atoms with Gasteiger partial charge in [-0.1, -0.05) is 0 Å². The van der Waals surface area contributed by atoms with Gasteiger partial charge in [0.2, 0.25) is 0 Å². The third-order valence-corrected chi connectivity index (χ3v) is 3.77. The molecule has 0 aliphatic heterocycles. The quantitative estimate of drug-likeness (QED) is 0.691. The Bertz CT molecular complexity index is 659. The predicted molar refractivity (Wildman–Crippen MR) is 79.2 cm³/mol. The molecule has 2 aromatic rings. The molecule has 0 saturated carbocycles. The summed E-state index contributed by atoms with van der Waals surface area (Å²) in [5, 5.41) is 0.971. The number of nitrogens with zero attached hydrogens (tertiary/aromatic N) is 1. The van der Waals surface area contributed by atoms with Gasteiger partial charge < -0.3 is 10.5 Å². The summed E-state index contributed by atoms with van der Waals surface area (Å²) < 4.78 is 4.84. The van der Waals surface area contributed by atoms with Crippen molar-refractivity contribution in [2.75, 3.05) is 12.3 Å². The van der Waals surface area contributed by atoms with Crippen LogP contribution in [0.25, 0.3) is 16.3 Å². The number of rotatable bonds is 3. The van der Waals surface area contributed by atoms with Crippen LogP contribution in [0.1, 0.15) is 23.1 Å². The Morgan fingerprint density at radius 1 is 1.53 bits per heavy atom. The van der Waals surface area contributed by atoms with Gasteiger partial charge in [0.1, 0.15) is 4.83 Å². The zero-order valence-corrected chi connectivity index (χ0v) is 12.0. The van der Waals surface area contributed by atoms with E-state index >= 15 is 0 Å². The second kappa shape index (κ2) is 5.40. The molecule has 0 radical (unpaired) electrons. The van der Waals surface area contributed by atoms with E-state index in [0.717, 1.165) is 26.4 Å². The van der Waals surface area contributed by atoms with Gasteiger partial charge in [-0.05, 0) is 38.5 Å². The summed E-state index contributed by atoms with van der Waals surface area (Å²) in [6.45, 7) is 6.11. The first-order valence-corrected chi connectivity index (χ1v) is 6.85. The topological polar surface area (TPSA) is 65.2 Å². The summed E-state index contributed by atoms with van der Waals surface area (Å²) in [7, 11) is 0. The molecule has 19 heavy (non-hydrogen) atoms. The predicted octanol–water partition coefficient (Wildman–Crippen LogP) is 3.07. The fourth-order valence-corrected chi connectivity index (χ4v) is 3.06. The summed E-state index contributed by atoms with van der Waals surface area (Å²) in [5.74, 6) is -0.361. The Morgan fingerprint density at radius 2 is 2.26 bits per heavy atom. The van der Waals surface area contributed by atoms with E-state index in [-0.39, 0.29) is 5.97 Å². The number of carbonyl (C=O) groups is 1. The minimum absolute atomic E-state index is 0.361. The Labute approximate surface area is 115 Å². The summed E-state index contributed by atoms with van der Waals surface area (Å²) >= 11 is 1.48. The molecule has 0 bridgehead atoms. The zero-order valence-electron chi connectivity index (χ0n) is 11.2. The van der Waals surface area contributed by atoms with Gasteiger partial charge in [0.15, 0.2) is 0 Å². The lowest BCUT2D eigenvalue weighted by Gasteiger charge is -1.99. The maximum absolute atomic E-state index is 11.3. The fraction of sp³-hybridized carbons (Fsp3) is 0.286. The Morgan fingerprint density at radius 3 is 2.95 bits per heavy atom. The number of esters is 1. The number of fused-ring (bicyclic) bond motifs is 1. The standard InChI is InChI=1S/C14H16N2O2S/c1-4-18-11(17)6-5-10-13(15)12-8(2)7-9(3)16-14(12)19-10/h5-7H,4,15H2,1-3H3/b6-5+. The van der Waals surface area contributed by atoms with Gasteiger partial charge in [0.05, 0.1) is 17.2 Å². The largest absolute Gasteiger partial charge is 0.463 e. The molecule has 0 aliphatic carbocycles. The molecule has 0 amide bonds. The van der Waals surface area contributed by atoms with Gasteiger partial charge in [-0.25, -0.2) is 9.78 Å². The molecule has 0 aromatic carbocycles. The maximum atomic E-state index is 11.3. The number of nitrogens with two attached hydrogens (primary N) is 1. The number of aryl methyl sites for hydroxylation is 2. The van der Waals surface area contributed by atoms with Crippen molar-refractivity contribution in [3.63, 3.8) is 0 Å². The van der Waals surface area contributed by atoms with E-state index in [1.165, 1.54) is 17.4 Å². The minimum Gasteiger partial charge on any atom is -0.463 e. The van der Waals surface area contributed by atoms with Crippen LogP contribution in [0.15, 0.2) is 12.1 Å². The number of pyridine rings is 1. The first kappa shape index (κ1) is 13.5. The number of carbonyl (C=O) groups excluding carboxylic acids is 1. The van der Waals surface area contributed by atoms with Crippen molar-refractivity contribution in [2.24, 2.45) is 0 Å². The molecule has 0 saturated heterocycles. The highest BCUT2D eigenvalue weighted by molar-refractivity contribution is 7.20. The molecular weight excluding hydrogens is 260 g/mol. The van der Waals surface area contributed by atoms with Crippen molar-refractivity contribution >= 4 is 39.3 Å². The van der Waals surface area contributed by atoms with Crippen molar-refractivity contribution in [3.8, 4) is 0 Å². The lowest BCUT2D eigenvalue weighted by Crippen LogP contribution is -1.98. The molecule has 4 nitrogen and oxygen atoms in total.